The van der Waals surface area contributed by atoms with Crippen LogP contribution in [0.5, 0.6) is 0 Å². The second-order valence-corrected chi connectivity index (χ2v) is 5.49. The van der Waals surface area contributed by atoms with E-state index < -0.39 is 11.4 Å². The first-order valence-corrected chi connectivity index (χ1v) is 6.25. The van der Waals surface area contributed by atoms with Gasteiger partial charge in [-0.3, -0.25) is 4.79 Å². The molecule has 0 radical (unpaired) electrons. The van der Waals surface area contributed by atoms with E-state index in [0.717, 1.165) is 32.4 Å². The summed E-state index contributed by atoms with van der Waals surface area (Å²) in [5.41, 5.74) is -0.440. The van der Waals surface area contributed by atoms with Crippen LogP contribution in [0.25, 0.3) is 0 Å². The summed E-state index contributed by atoms with van der Waals surface area (Å²) in [4.78, 5) is 13.5. The molecular formula is C12H22N2O2. The topological polar surface area (TPSA) is 52.6 Å². The van der Waals surface area contributed by atoms with Crippen molar-refractivity contribution in [1.29, 1.82) is 0 Å². The number of aliphatic carboxylic acids is 1. The molecular weight excluding hydrogens is 204 g/mol. The quantitative estimate of drug-likeness (QED) is 0.727. The Morgan fingerprint density at radius 3 is 2.75 bits per heavy atom. The number of hydrogen-bond acceptors (Lipinski definition) is 3. The molecule has 1 heterocycles. The molecule has 0 aromatic rings. The molecule has 1 atom stereocenters. The van der Waals surface area contributed by atoms with Crippen molar-refractivity contribution in [3.05, 3.63) is 0 Å². The van der Waals surface area contributed by atoms with Crippen molar-refractivity contribution in [3.63, 3.8) is 0 Å². The number of likely N-dealkylation sites (tertiary alicyclic amines) is 1. The maximum atomic E-state index is 11.1. The molecule has 0 aromatic heterocycles. The van der Waals surface area contributed by atoms with Crippen LogP contribution < -0.4 is 5.32 Å². The molecule has 0 amide bonds. The summed E-state index contributed by atoms with van der Waals surface area (Å²) in [6, 6.07) is 0. The van der Waals surface area contributed by atoms with Crippen molar-refractivity contribution in [2.24, 2.45) is 11.3 Å². The lowest BCUT2D eigenvalue weighted by atomic mass is 9.69. The maximum Gasteiger partial charge on any atom is 0.310 e. The summed E-state index contributed by atoms with van der Waals surface area (Å²) >= 11 is 0. The van der Waals surface area contributed by atoms with Gasteiger partial charge in [-0.2, -0.15) is 0 Å². The van der Waals surface area contributed by atoms with Gasteiger partial charge in [-0.15, -0.1) is 0 Å². The van der Waals surface area contributed by atoms with E-state index in [2.05, 4.69) is 17.3 Å². The third-order valence-corrected chi connectivity index (χ3v) is 4.15. The average molecular weight is 226 g/mol. The Balaban J connectivity index is 1.69. The molecule has 1 aliphatic heterocycles. The highest BCUT2D eigenvalue weighted by atomic mass is 16.4. The molecule has 2 fully saturated rings. The molecule has 2 rings (SSSR count). The fourth-order valence-corrected chi connectivity index (χ4v) is 2.78. The van der Waals surface area contributed by atoms with Crippen LogP contribution in [0.2, 0.25) is 0 Å². The number of nitrogens with one attached hydrogen (secondary N) is 1. The summed E-state index contributed by atoms with van der Waals surface area (Å²) in [5, 5.41) is 12.5. The third kappa shape index (κ3) is 2.38. The normalized spacial score (nSPS) is 28.9. The van der Waals surface area contributed by atoms with E-state index >= 15 is 0 Å². The van der Waals surface area contributed by atoms with Crippen molar-refractivity contribution in [2.75, 3.05) is 33.2 Å². The molecule has 16 heavy (non-hydrogen) atoms. The number of carbonyl (C=O) groups is 1. The Hall–Kier alpha value is -0.610. The van der Waals surface area contributed by atoms with E-state index in [0.29, 0.717) is 12.5 Å². The van der Waals surface area contributed by atoms with Crippen molar-refractivity contribution >= 4 is 5.97 Å². The molecule has 1 unspecified atom stereocenters. The number of nitrogens with zero attached hydrogens (tertiary/aromatic N) is 1. The van der Waals surface area contributed by atoms with E-state index in [4.69, 9.17) is 5.11 Å². The van der Waals surface area contributed by atoms with Gasteiger partial charge in [0.05, 0.1) is 5.41 Å². The lowest BCUT2D eigenvalue weighted by Gasteiger charge is -2.38. The first kappa shape index (κ1) is 11.9. The van der Waals surface area contributed by atoms with Crippen LogP contribution in [-0.2, 0) is 4.79 Å². The van der Waals surface area contributed by atoms with Gasteiger partial charge in [0.25, 0.3) is 0 Å². The van der Waals surface area contributed by atoms with Crippen LogP contribution in [0.15, 0.2) is 0 Å². The largest absolute Gasteiger partial charge is 0.481 e. The Morgan fingerprint density at radius 2 is 2.31 bits per heavy atom. The second kappa shape index (κ2) is 4.72. The van der Waals surface area contributed by atoms with Crippen LogP contribution in [0.1, 0.15) is 25.7 Å². The first-order chi connectivity index (χ1) is 7.62. The molecule has 92 valence electrons. The third-order valence-electron chi connectivity index (χ3n) is 4.15. The Kier molecular flexibility index (Phi) is 3.50. The van der Waals surface area contributed by atoms with Crippen LogP contribution in [0.3, 0.4) is 0 Å². The monoisotopic (exact) mass is 226 g/mol. The summed E-state index contributed by atoms with van der Waals surface area (Å²) in [7, 11) is 2.14. The van der Waals surface area contributed by atoms with Gasteiger partial charge in [-0.25, -0.2) is 0 Å². The van der Waals surface area contributed by atoms with Gasteiger partial charge < -0.3 is 15.3 Å². The lowest BCUT2D eigenvalue weighted by molar-refractivity contribution is -0.154. The number of carboxylic acid groups (broad SMARTS) is 1. The standard InChI is InChI=1S/C12H22N2O2/c1-14-6-3-10(8-14)7-13-9-12(11(15)16)4-2-5-12/h10,13H,2-9H2,1H3,(H,15,16). The minimum absolute atomic E-state index is 0.440. The molecule has 2 aliphatic rings. The van der Waals surface area contributed by atoms with Crippen LogP contribution >= 0.6 is 0 Å². The predicted octanol–water partition coefficient (Wildman–Crippen LogP) is 0.783. The van der Waals surface area contributed by atoms with E-state index in [1.807, 2.05) is 0 Å². The average Bonchev–Trinajstić information content (AvgIpc) is 2.55. The number of hydrogen-bond donors (Lipinski definition) is 2. The van der Waals surface area contributed by atoms with Crippen LogP contribution in [0, 0.1) is 11.3 Å². The van der Waals surface area contributed by atoms with Crippen molar-refractivity contribution in [1.82, 2.24) is 10.2 Å². The van der Waals surface area contributed by atoms with Gasteiger partial charge in [0.2, 0.25) is 0 Å². The first-order valence-electron chi connectivity index (χ1n) is 6.25. The van der Waals surface area contributed by atoms with Crippen molar-refractivity contribution in [2.45, 2.75) is 25.7 Å². The van der Waals surface area contributed by atoms with Gasteiger partial charge in [-0.1, -0.05) is 6.42 Å². The molecule has 4 nitrogen and oxygen atoms in total. The predicted molar refractivity (Wildman–Crippen MR) is 62.4 cm³/mol. The highest BCUT2D eigenvalue weighted by Crippen LogP contribution is 2.40. The van der Waals surface area contributed by atoms with Crippen LogP contribution in [-0.4, -0.2) is 49.2 Å². The zero-order valence-electron chi connectivity index (χ0n) is 10.0. The SMILES string of the molecule is CN1CCC(CNCC2(C(=O)O)CCC2)C1. The molecule has 2 N–H and O–H groups in total. The van der Waals surface area contributed by atoms with E-state index in [1.165, 1.54) is 13.0 Å². The summed E-state index contributed by atoms with van der Waals surface area (Å²) in [6.07, 6.45) is 4.00. The summed E-state index contributed by atoms with van der Waals surface area (Å²) in [5.74, 6) is 0.0886. The van der Waals surface area contributed by atoms with E-state index in [-0.39, 0.29) is 0 Å². The lowest BCUT2D eigenvalue weighted by Crippen LogP contribution is -2.47. The molecule has 1 saturated heterocycles. The second-order valence-electron chi connectivity index (χ2n) is 5.49. The maximum absolute atomic E-state index is 11.1. The zero-order chi connectivity index (χ0) is 11.6. The summed E-state index contributed by atoms with van der Waals surface area (Å²) < 4.78 is 0. The van der Waals surface area contributed by atoms with Crippen molar-refractivity contribution < 1.29 is 9.90 Å². The summed E-state index contributed by atoms with van der Waals surface area (Å²) in [6.45, 7) is 3.95. The zero-order valence-corrected chi connectivity index (χ0v) is 10.0. The highest BCUT2D eigenvalue weighted by molar-refractivity contribution is 5.76. The minimum Gasteiger partial charge on any atom is -0.481 e. The molecule has 0 aromatic carbocycles. The van der Waals surface area contributed by atoms with E-state index in [9.17, 15) is 4.79 Å². The molecule has 4 heteroatoms. The molecule has 0 bridgehead atoms. The number of rotatable bonds is 5. The molecule has 1 saturated carbocycles. The molecule has 0 spiro atoms. The van der Waals surface area contributed by atoms with Gasteiger partial charge >= 0.3 is 5.97 Å². The fourth-order valence-electron chi connectivity index (χ4n) is 2.78. The van der Waals surface area contributed by atoms with Gasteiger partial charge in [0.1, 0.15) is 0 Å². The Morgan fingerprint density at radius 1 is 1.56 bits per heavy atom. The Bertz CT molecular complexity index is 264. The van der Waals surface area contributed by atoms with E-state index in [1.54, 1.807) is 0 Å². The van der Waals surface area contributed by atoms with Crippen LogP contribution in [0.4, 0.5) is 0 Å². The minimum atomic E-state index is -0.616. The Labute approximate surface area is 97.0 Å². The van der Waals surface area contributed by atoms with Gasteiger partial charge in [0.15, 0.2) is 0 Å². The smallest absolute Gasteiger partial charge is 0.310 e. The highest BCUT2D eigenvalue weighted by Gasteiger charge is 2.43. The van der Waals surface area contributed by atoms with Gasteiger partial charge in [0, 0.05) is 13.1 Å². The number of carboxylic acids is 1. The molecule has 1 aliphatic carbocycles. The van der Waals surface area contributed by atoms with Gasteiger partial charge in [-0.05, 0) is 45.3 Å². The van der Waals surface area contributed by atoms with Crippen molar-refractivity contribution in [3.8, 4) is 0 Å². The fraction of sp³-hybridized carbons (Fsp3) is 0.917.